The second-order valence-corrected chi connectivity index (χ2v) is 4.96. The van der Waals surface area contributed by atoms with E-state index in [0.717, 1.165) is 28.0 Å². The third-order valence-corrected chi connectivity index (χ3v) is 3.98. The van der Waals surface area contributed by atoms with Gasteiger partial charge >= 0.3 is 0 Å². The van der Waals surface area contributed by atoms with Gasteiger partial charge in [0, 0.05) is 0 Å². The van der Waals surface area contributed by atoms with Gasteiger partial charge in [-0.15, -0.1) is 0 Å². The van der Waals surface area contributed by atoms with Crippen LogP contribution in [0.1, 0.15) is 21.7 Å². The van der Waals surface area contributed by atoms with Crippen molar-refractivity contribution in [2.45, 2.75) is 20.4 Å². The van der Waals surface area contributed by atoms with Crippen LogP contribution in [0.15, 0.2) is 22.7 Å². The highest BCUT2D eigenvalue weighted by Gasteiger charge is 2.19. The van der Waals surface area contributed by atoms with E-state index in [1.807, 2.05) is 0 Å². The van der Waals surface area contributed by atoms with Crippen molar-refractivity contribution in [1.82, 2.24) is 9.78 Å². The molecule has 0 radical (unpaired) electrons. The molecule has 2 aromatic rings. The number of rotatable bonds is 3. The van der Waals surface area contributed by atoms with E-state index < -0.39 is 23.0 Å². The Morgan fingerprint density at radius 2 is 1.89 bits per heavy atom. The Bertz CT molecular complexity index is 632. The van der Waals surface area contributed by atoms with E-state index in [1.165, 1.54) is 10.7 Å². The molecule has 1 aromatic heterocycles. The normalized spacial score (nSPS) is 10.8. The summed E-state index contributed by atoms with van der Waals surface area (Å²) in [6.45, 7) is 3.35. The van der Waals surface area contributed by atoms with Crippen LogP contribution in [0, 0.1) is 25.5 Å². The molecule has 2 rings (SSSR count). The van der Waals surface area contributed by atoms with Crippen LogP contribution in [0.2, 0.25) is 0 Å². The number of aromatic nitrogens is 2. The summed E-state index contributed by atoms with van der Waals surface area (Å²) in [6, 6.07) is 3.35. The number of halogens is 3. The van der Waals surface area contributed by atoms with E-state index in [1.54, 1.807) is 13.8 Å². The molecule has 0 aliphatic rings. The van der Waals surface area contributed by atoms with Crippen LogP contribution in [0.4, 0.5) is 8.78 Å². The average Bonchev–Trinajstić information content (AvgIpc) is 2.57. The first kappa shape index (κ1) is 13.9. The third-order valence-electron chi connectivity index (χ3n) is 2.83. The van der Waals surface area contributed by atoms with Gasteiger partial charge in [-0.3, -0.25) is 9.48 Å². The van der Waals surface area contributed by atoms with Crippen molar-refractivity contribution in [3.05, 3.63) is 51.3 Å². The molecule has 0 atom stereocenters. The van der Waals surface area contributed by atoms with Crippen molar-refractivity contribution in [2.75, 3.05) is 0 Å². The van der Waals surface area contributed by atoms with Crippen molar-refractivity contribution in [3.63, 3.8) is 0 Å². The standard InChI is InChI=1S/C13H11BrF2N2O/c1-7-13(14)8(2)18(17-7)6-11(19)12-9(15)4-3-5-10(12)16/h3-5H,6H2,1-2H3. The van der Waals surface area contributed by atoms with E-state index in [2.05, 4.69) is 21.0 Å². The minimum absolute atomic E-state index is 0.198. The molecule has 0 N–H and O–H groups in total. The van der Waals surface area contributed by atoms with Crippen molar-refractivity contribution in [3.8, 4) is 0 Å². The molecule has 19 heavy (non-hydrogen) atoms. The molecule has 0 aliphatic carbocycles. The molecule has 0 saturated heterocycles. The Kier molecular flexibility index (Phi) is 3.80. The van der Waals surface area contributed by atoms with Crippen LogP contribution in [0.25, 0.3) is 0 Å². The van der Waals surface area contributed by atoms with Crippen LogP contribution in [0.3, 0.4) is 0 Å². The molecule has 0 fully saturated rings. The highest BCUT2D eigenvalue weighted by molar-refractivity contribution is 9.10. The zero-order valence-corrected chi connectivity index (χ0v) is 12.0. The Balaban J connectivity index is 2.34. The number of ketones is 1. The predicted molar refractivity (Wildman–Crippen MR) is 70.1 cm³/mol. The van der Waals surface area contributed by atoms with Gasteiger partial charge in [0.1, 0.15) is 18.2 Å². The van der Waals surface area contributed by atoms with Crippen molar-refractivity contribution in [2.24, 2.45) is 0 Å². The Labute approximate surface area is 117 Å². The fourth-order valence-electron chi connectivity index (χ4n) is 1.81. The number of Topliss-reactive ketones (excluding diaryl/α,β-unsaturated/α-hetero) is 1. The van der Waals surface area contributed by atoms with Crippen LogP contribution in [-0.4, -0.2) is 15.6 Å². The number of hydrogen-bond acceptors (Lipinski definition) is 2. The monoisotopic (exact) mass is 328 g/mol. The zero-order chi connectivity index (χ0) is 14.2. The maximum Gasteiger partial charge on any atom is 0.190 e. The largest absolute Gasteiger partial charge is 0.292 e. The summed E-state index contributed by atoms with van der Waals surface area (Å²) in [5, 5.41) is 4.14. The lowest BCUT2D eigenvalue weighted by Crippen LogP contribution is -2.16. The van der Waals surface area contributed by atoms with Gasteiger partial charge in [-0.25, -0.2) is 8.78 Å². The summed E-state index contributed by atoms with van der Waals surface area (Å²) in [5.41, 5.74) is 0.938. The summed E-state index contributed by atoms with van der Waals surface area (Å²) < 4.78 is 29.2. The molecule has 100 valence electrons. The second kappa shape index (κ2) is 5.21. The van der Waals surface area contributed by atoms with Gasteiger partial charge < -0.3 is 0 Å². The highest BCUT2D eigenvalue weighted by Crippen LogP contribution is 2.21. The van der Waals surface area contributed by atoms with Crippen molar-refractivity contribution < 1.29 is 13.6 Å². The third kappa shape index (κ3) is 2.58. The molecule has 1 aromatic carbocycles. The molecule has 0 bridgehead atoms. The topological polar surface area (TPSA) is 34.9 Å². The lowest BCUT2D eigenvalue weighted by molar-refractivity contribution is 0.0958. The fourth-order valence-corrected chi connectivity index (χ4v) is 2.09. The maximum absolute atomic E-state index is 13.5. The number of aryl methyl sites for hydroxylation is 1. The van der Waals surface area contributed by atoms with Gasteiger partial charge in [0.15, 0.2) is 5.78 Å². The lowest BCUT2D eigenvalue weighted by Gasteiger charge is -2.06. The number of hydrogen-bond donors (Lipinski definition) is 0. The highest BCUT2D eigenvalue weighted by atomic mass is 79.9. The molecule has 0 aliphatic heterocycles. The minimum atomic E-state index is -0.856. The van der Waals surface area contributed by atoms with Gasteiger partial charge in [0.05, 0.1) is 21.4 Å². The lowest BCUT2D eigenvalue weighted by atomic mass is 10.1. The summed E-state index contributed by atoms with van der Waals surface area (Å²) in [7, 11) is 0. The molecule has 6 heteroatoms. The Hall–Kier alpha value is -1.56. The first-order chi connectivity index (χ1) is 8.91. The number of carbonyl (C=O) groups is 1. The smallest absolute Gasteiger partial charge is 0.190 e. The van der Waals surface area contributed by atoms with Gasteiger partial charge in [-0.2, -0.15) is 5.10 Å². The summed E-state index contributed by atoms with van der Waals surface area (Å²) in [4.78, 5) is 12.0. The minimum Gasteiger partial charge on any atom is -0.292 e. The van der Waals surface area contributed by atoms with E-state index >= 15 is 0 Å². The van der Waals surface area contributed by atoms with Crippen LogP contribution in [-0.2, 0) is 6.54 Å². The van der Waals surface area contributed by atoms with Gasteiger partial charge in [-0.05, 0) is 41.9 Å². The van der Waals surface area contributed by atoms with E-state index in [4.69, 9.17) is 0 Å². The Morgan fingerprint density at radius 3 is 2.37 bits per heavy atom. The molecule has 0 unspecified atom stereocenters. The SMILES string of the molecule is Cc1nn(CC(=O)c2c(F)cccc2F)c(C)c1Br. The quantitative estimate of drug-likeness (QED) is 0.809. The van der Waals surface area contributed by atoms with Gasteiger partial charge in [-0.1, -0.05) is 6.07 Å². The molecular weight excluding hydrogens is 318 g/mol. The summed E-state index contributed by atoms with van der Waals surface area (Å²) in [6.07, 6.45) is 0. The maximum atomic E-state index is 13.5. The first-order valence-electron chi connectivity index (χ1n) is 5.58. The molecule has 3 nitrogen and oxygen atoms in total. The van der Waals surface area contributed by atoms with Gasteiger partial charge in [0.2, 0.25) is 0 Å². The molecule has 1 heterocycles. The van der Waals surface area contributed by atoms with E-state index in [-0.39, 0.29) is 6.54 Å². The van der Waals surface area contributed by atoms with E-state index in [9.17, 15) is 13.6 Å². The number of nitrogens with zero attached hydrogens (tertiary/aromatic N) is 2. The number of benzene rings is 1. The fraction of sp³-hybridized carbons (Fsp3) is 0.231. The predicted octanol–water partition coefficient (Wildman–Crippen LogP) is 3.42. The van der Waals surface area contributed by atoms with Crippen LogP contribution in [0.5, 0.6) is 0 Å². The van der Waals surface area contributed by atoms with Crippen molar-refractivity contribution in [1.29, 1.82) is 0 Å². The molecular formula is C13H11BrF2N2O. The summed E-state index contributed by atoms with van der Waals surface area (Å²) in [5.74, 6) is -2.36. The second-order valence-electron chi connectivity index (χ2n) is 4.16. The first-order valence-corrected chi connectivity index (χ1v) is 6.38. The zero-order valence-electron chi connectivity index (χ0n) is 10.4. The van der Waals surface area contributed by atoms with E-state index in [0.29, 0.717) is 0 Å². The average molecular weight is 329 g/mol. The van der Waals surface area contributed by atoms with Crippen molar-refractivity contribution >= 4 is 21.7 Å². The number of carbonyl (C=O) groups excluding carboxylic acids is 1. The molecule has 0 saturated carbocycles. The van der Waals surface area contributed by atoms with Crippen LogP contribution >= 0.6 is 15.9 Å². The molecule has 0 spiro atoms. The van der Waals surface area contributed by atoms with Gasteiger partial charge in [0.25, 0.3) is 0 Å². The summed E-state index contributed by atoms with van der Waals surface area (Å²) >= 11 is 3.33. The van der Waals surface area contributed by atoms with Crippen LogP contribution < -0.4 is 0 Å². The Morgan fingerprint density at radius 1 is 1.32 bits per heavy atom. The molecule has 0 amide bonds.